The first-order chi connectivity index (χ1) is 8.68. The van der Waals surface area contributed by atoms with E-state index in [1.54, 1.807) is 0 Å². The van der Waals surface area contributed by atoms with Crippen molar-refractivity contribution >= 4 is 5.69 Å². The molecule has 0 saturated heterocycles. The second-order valence-electron chi connectivity index (χ2n) is 5.82. The molecule has 1 aromatic carbocycles. The van der Waals surface area contributed by atoms with Crippen LogP contribution >= 0.6 is 0 Å². The fourth-order valence-corrected chi connectivity index (χ4v) is 3.46. The van der Waals surface area contributed by atoms with Crippen LogP contribution in [-0.2, 0) is 11.8 Å². The summed E-state index contributed by atoms with van der Waals surface area (Å²) >= 11 is 0. The second kappa shape index (κ2) is 4.16. The molecule has 0 aromatic heterocycles. The Hall–Kier alpha value is -1.22. The SMILES string of the molecule is CN1CCCc2c1ccc(C1(CN)CCC1)c2O. The van der Waals surface area contributed by atoms with Gasteiger partial charge in [0, 0.05) is 42.4 Å². The first kappa shape index (κ1) is 11.8. The Morgan fingerprint density at radius 3 is 2.72 bits per heavy atom. The highest BCUT2D eigenvalue weighted by Gasteiger charge is 2.40. The molecular weight excluding hydrogens is 224 g/mol. The van der Waals surface area contributed by atoms with Gasteiger partial charge in [-0.2, -0.15) is 0 Å². The maximum absolute atomic E-state index is 10.6. The lowest BCUT2D eigenvalue weighted by Crippen LogP contribution is -2.41. The maximum atomic E-state index is 10.6. The fraction of sp³-hybridized carbons (Fsp3) is 0.600. The minimum atomic E-state index is 0.0507. The van der Waals surface area contributed by atoms with Crippen molar-refractivity contribution in [1.82, 2.24) is 0 Å². The summed E-state index contributed by atoms with van der Waals surface area (Å²) in [6.45, 7) is 1.73. The largest absolute Gasteiger partial charge is 0.507 e. The van der Waals surface area contributed by atoms with Crippen molar-refractivity contribution < 1.29 is 5.11 Å². The zero-order valence-corrected chi connectivity index (χ0v) is 11.1. The number of hydrogen-bond donors (Lipinski definition) is 2. The van der Waals surface area contributed by atoms with Gasteiger partial charge >= 0.3 is 0 Å². The Kier molecular flexibility index (Phi) is 2.74. The quantitative estimate of drug-likeness (QED) is 0.840. The van der Waals surface area contributed by atoms with Crippen LogP contribution in [0.2, 0.25) is 0 Å². The van der Waals surface area contributed by atoms with E-state index in [0.29, 0.717) is 12.3 Å². The summed E-state index contributed by atoms with van der Waals surface area (Å²) in [4.78, 5) is 2.23. The minimum absolute atomic E-state index is 0.0507. The second-order valence-corrected chi connectivity index (χ2v) is 5.82. The van der Waals surface area contributed by atoms with Gasteiger partial charge in [-0.25, -0.2) is 0 Å². The van der Waals surface area contributed by atoms with E-state index in [9.17, 15) is 5.11 Å². The summed E-state index contributed by atoms with van der Waals surface area (Å²) in [5, 5.41) is 10.6. The van der Waals surface area contributed by atoms with Crippen molar-refractivity contribution in [2.24, 2.45) is 5.73 Å². The lowest BCUT2D eigenvalue weighted by Gasteiger charge is -2.42. The predicted octanol–water partition coefficient (Wildman–Crippen LogP) is 2.16. The highest BCUT2D eigenvalue weighted by Crippen LogP contribution is 2.49. The van der Waals surface area contributed by atoms with Crippen LogP contribution < -0.4 is 10.6 Å². The average molecular weight is 246 g/mol. The Balaban J connectivity index is 2.08. The number of aromatic hydroxyl groups is 1. The first-order valence-electron chi connectivity index (χ1n) is 6.94. The molecule has 3 nitrogen and oxygen atoms in total. The van der Waals surface area contributed by atoms with Crippen LogP contribution in [0.5, 0.6) is 5.75 Å². The molecule has 0 spiro atoms. The van der Waals surface area contributed by atoms with E-state index in [-0.39, 0.29) is 5.41 Å². The molecule has 1 fully saturated rings. The van der Waals surface area contributed by atoms with E-state index < -0.39 is 0 Å². The number of hydrogen-bond acceptors (Lipinski definition) is 3. The molecule has 1 saturated carbocycles. The number of nitrogens with zero attached hydrogens (tertiary/aromatic N) is 1. The van der Waals surface area contributed by atoms with Crippen molar-refractivity contribution in [2.75, 3.05) is 25.0 Å². The number of rotatable bonds is 2. The first-order valence-corrected chi connectivity index (χ1v) is 6.94. The van der Waals surface area contributed by atoms with Gasteiger partial charge in [-0.3, -0.25) is 0 Å². The average Bonchev–Trinajstić information content (AvgIpc) is 2.32. The summed E-state index contributed by atoms with van der Waals surface area (Å²) < 4.78 is 0. The summed E-state index contributed by atoms with van der Waals surface area (Å²) in [7, 11) is 2.10. The van der Waals surface area contributed by atoms with E-state index in [0.717, 1.165) is 43.4 Å². The molecule has 1 aliphatic carbocycles. The highest BCUT2D eigenvalue weighted by atomic mass is 16.3. The molecule has 98 valence electrons. The monoisotopic (exact) mass is 246 g/mol. The predicted molar refractivity (Wildman–Crippen MR) is 74.3 cm³/mol. The number of phenols is 1. The molecule has 2 aliphatic rings. The molecule has 1 heterocycles. The number of nitrogens with two attached hydrogens (primary N) is 1. The molecule has 1 aliphatic heterocycles. The van der Waals surface area contributed by atoms with Crippen LogP contribution in [0.25, 0.3) is 0 Å². The van der Waals surface area contributed by atoms with Gasteiger partial charge in [-0.15, -0.1) is 0 Å². The van der Waals surface area contributed by atoms with E-state index in [2.05, 4.69) is 24.1 Å². The van der Waals surface area contributed by atoms with Crippen molar-refractivity contribution in [3.8, 4) is 5.75 Å². The Bertz CT molecular complexity index is 460. The van der Waals surface area contributed by atoms with E-state index >= 15 is 0 Å². The van der Waals surface area contributed by atoms with Crippen molar-refractivity contribution in [3.05, 3.63) is 23.3 Å². The van der Waals surface area contributed by atoms with Gasteiger partial charge in [0.2, 0.25) is 0 Å². The summed E-state index contributed by atoms with van der Waals surface area (Å²) in [6.07, 6.45) is 5.57. The topological polar surface area (TPSA) is 49.5 Å². The van der Waals surface area contributed by atoms with Gasteiger partial charge in [0.25, 0.3) is 0 Å². The van der Waals surface area contributed by atoms with Crippen LogP contribution in [0.3, 0.4) is 0 Å². The van der Waals surface area contributed by atoms with Crippen molar-refractivity contribution in [1.29, 1.82) is 0 Å². The molecule has 0 atom stereocenters. The molecule has 0 bridgehead atoms. The lowest BCUT2D eigenvalue weighted by molar-refractivity contribution is 0.244. The number of phenolic OH excluding ortho intramolecular Hbond substituents is 1. The Labute approximate surface area is 109 Å². The molecule has 0 amide bonds. The van der Waals surface area contributed by atoms with E-state index in [1.165, 1.54) is 12.1 Å². The van der Waals surface area contributed by atoms with E-state index in [1.807, 2.05) is 0 Å². The molecule has 18 heavy (non-hydrogen) atoms. The standard InChI is InChI=1S/C15H22N2O/c1-17-9-2-4-11-13(17)6-5-12(14(11)18)15(10-16)7-3-8-15/h5-6,18H,2-4,7-10,16H2,1H3. The highest BCUT2D eigenvalue weighted by molar-refractivity contribution is 5.64. The normalized spacial score (nSPS) is 21.3. The molecule has 0 unspecified atom stereocenters. The summed E-state index contributed by atoms with van der Waals surface area (Å²) in [5.41, 5.74) is 9.41. The van der Waals surface area contributed by atoms with Gasteiger partial charge in [0.05, 0.1) is 0 Å². The molecule has 1 aromatic rings. The van der Waals surface area contributed by atoms with Crippen molar-refractivity contribution in [3.63, 3.8) is 0 Å². The van der Waals surface area contributed by atoms with Gasteiger partial charge in [-0.05, 0) is 31.7 Å². The maximum Gasteiger partial charge on any atom is 0.124 e. The van der Waals surface area contributed by atoms with Crippen molar-refractivity contribution in [2.45, 2.75) is 37.5 Å². The number of benzene rings is 1. The third kappa shape index (κ3) is 1.53. The third-order valence-corrected chi connectivity index (χ3v) is 4.86. The van der Waals surface area contributed by atoms with Crippen LogP contribution in [0.4, 0.5) is 5.69 Å². The van der Waals surface area contributed by atoms with Crippen LogP contribution in [-0.4, -0.2) is 25.2 Å². The van der Waals surface area contributed by atoms with Crippen LogP contribution in [0, 0.1) is 0 Å². The lowest BCUT2D eigenvalue weighted by atomic mass is 9.64. The molecule has 3 N–H and O–H groups in total. The van der Waals surface area contributed by atoms with Gasteiger partial charge in [0.1, 0.15) is 5.75 Å². The van der Waals surface area contributed by atoms with Gasteiger partial charge in [0.15, 0.2) is 0 Å². The fourth-order valence-electron chi connectivity index (χ4n) is 3.46. The van der Waals surface area contributed by atoms with Crippen LogP contribution in [0.1, 0.15) is 36.8 Å². The number of anilines is 1. The summed E-state index contributed by atoms with van der Waals surface area (Å²) in [5.74, 6) is 0.518. The Morgan fingerprint density at radius 1 is 1.33 bits per heavy atom. The van der Waals surface area contributed by atoms with Crippen LogP contribution in [0.15, 0.2) is 12.1 Å². The zero-order valence-electron chi connectivity index (χ0n) is 11.1. The van der Waals surface area contributed by atoms with Gasteiger partial charge < -0.3 is 15.7 Å². The molecule has 3 heteroatoms. The van der Waals surface area contributed by atoms with Gasteiger partial charge in [-0.1, -0.05) is 12.5 Å². The molecule has 0 radical (unpaired) electrons. The smallest absolute Gasteiger partial charge is 0.124 e. The Morgan fingerprint density at radius 2 is 2.11 bits per heavy atom. The number of fused-ring (bicyclic) bond motifs is 1. The van der Waals surface area contributed by atoms with E-state index in [4.69, 9.17) is 5.73 Å². The molecule has 3 rings (SSSR count). The zero-order chi connectivity index (χ0) is 12.8. The summed E-state index contributed by atoms with van der Waals surface area (Å²) in [6, 6.07) is 4.27. The third-order valence-electron chi connectivity index (χ3n) is 4.86. The minimum Gasteiger partial charge on any atom is -0.507 e. The molecular formula is C15H22N2O.